The van der Waals surface area contributed by atoms with Gasteiger partial charge in [-0.1, -0.05) is 98.4 Å². The summed E-state index contributed by atoms with van der Waals surface area (Å²) in [5, 5.41) is 4.19. The molecular weight excluding hydrogens is 588 g/mol. The van der Waals surface area contributed by atoms with E-state index in [1.165, 1.54) is 0 Å². The average Bonchev–Trinajstić information content (AvgIpc) is 2.89. The fourth-order valence-corrected chi connectivity index (χ4v) is 5.30. The average molecular weight is 622 g/mol. The molecule has 0 atom stereocenters. The van der Waals surface area contributed by atoms with Crippen LogP contribution in [0.3, 0.4) is 0 Å². The van der Waals surface area contributed by atoms with Gasteiger partial charge in [-0.25, -0.2) is 4.98 Å². The first kappa shape index (κ1) is 29.8. The van der Waals surface area contributed by atoms with Crippen molar-refractivity contribution in [3.63, 3.8) is 0 Å². The number of halogens is 2. The van der Waals surface area contributed by atoms with Crippen molar-refractivity contribution < 1.29 is 14.3 Å². The minimum Gasteiger partial charge on any atom is -0.424 e. The minimum atomic E-state index is -0.395. The Kier molecular flexibility index (Phi) is 9.32. The quantitative estimate of drug-likeness (QED) is 0.121. The van der Waals surface area contributed by atoms with Gasteiger partial charge in [0.15, 0.2) is 5.75 Å². The van der Waals surface area contributed by atoms with Crippen LogP contribution >= 0.6 is 27.5 Å². The Morgan fingerprint density at radius 3 is 2.42 bits per heavy atom. The third kappa shape index (κ3) is 6.73. The molecule has 40 heavy (non-hydrogen) atoms. The molecular formula is C33H34BrClN2O3. The fourth-order valence-electron chi connectivity index (χ4n) is 4.72. The Morgan fingerprint density at radius 1 is 1.02 bits per heavy atom. The van der Waals surface area contributed by atoms with E-state index < -0.39 is 5.41 Å². The molecule has 0 aliphatic rings. The Bertz CT molecular complexity index is 1560. The van der Waals surface area contributed by atoms with Crippen LogP contribution in [0.4, 0.5) is 5.69 Å². The predicted molar refractivity (Wildman–Crippen MR) is 167 cm³/mol. The molecule has 1 N–H and O–H groups in total. The molecule has 0 radical (unpaired) electrons. The van der Waals surface area contributed by atoms with Crippen LogP contribution in [-0.4, -0.2) is 16.9 Å². The number of benzene rings is 3. The number of nitrogens with zero attached hydrogens (tertiary/aromatic N) is 1. The van der Waals surface area contributed by atoms with E-state index in [1.807, 2.05) is 76.2 Å². The molecule has 0 saturated carbocycles. The lowest BCUT2D eigenvalue weighted by atomic mass is 9.86. The van der Waals surface area contributed by atoms with Crippen LogP contribution < -0.4 is 10.1 Å². The maximum absolute atomic E-state index is 14.1. The molecule has 0 unspecified atom stereocenters. The highest BCUT2D eigenvalue weighted by molar-refractivity contribution is 9.10. The third-order valence-electron chi connectivity index (χ3n) is 6.77. The number of pyridine rings is 1. The van der Waals surface area contributed by atoms with E-state index in [4.69, 9.17) is 21.3 Å². The van der Waals surface area contributed by atoms with Crippen molar-refractivity contribution in [2.24, 2.45) is 0 Å². The van der Waals surface area contributed by atoms with Crippen molar-refractivity contribution in [1.29, 1.82) is 0 Å². The lowest BCUT2D eigenvalue weighted by molar-refractivity contribution is -0.134. The van der Waals surface area contributed by atoms with E-state index in [2.05, 4.69) is 28.2 Å². The van der Waals surface area contributed by atoms with E-state index >= 15 is 0 Å². The van der Waals surface area contributed by atoms with Gasteiger partial charge in [0.25, 0.3) is 5.91 Å². The molecule has 208 valence electrons. The van der Waals surface area contributed by atoms with Gasteiger partial charge in [0.2, 0.25) is 0 Å². The standard InChI is InChI=1S/C33H34BrClN2O3/c1-6-7-9-14-28(38)40-31-25(33(3,4)5)18-23(35)19-27(31)37-32(39)29-20(2)30(21-12-10-8-11-13-21)36-26-16-15-22(34)17-24(26)29/h8,10-13,15-19H,6-7,9,14H2,1-5H3,(H,37,39). The van der Waals surface area contributed by atoms with E-state index in [0.717, 1.165) is 46.1 Å². The molecule has 0 saturated heterocycles. The summed E-state index contributed by atoms with van der Waals surface area (Å²) in [7, 11) is 0. The summed E-state index contributed by atoms with van der Waals surface area (Å²) in [5.74, 6) is -0.351. The molecule has 0 fully saturated rings. The molecule has 4 rings (SSSR count). The zero-order chi connectivity index (χ0) is 29.0. The molecule has 7 heteroatoms. The van der Waals surface area contributed by atoms with Gasteiger partial charge in [-0.05, 0) is 54.7 Å². The summed E-state index contributed by atoms with van der Waals surface area (Å²) in [4.78, 5) is 31.9. The Labute approximate surface area is 249 Å². The molecule has 1 amide bonds. The number of hydrogen-bond acceptors (Lipinski definition) is 4. The van der Waals surface area contributed by atoms with E-state index in [9.17, 15) is 9.59 Å². The molecule has 0 aliphatic carbocycles. The number of ether oxygens (including phenoxy) is 1. The van der Waals surface area contributed by atoms with E-state index in [0.29, 0.717) is 39.3 Å². The van der Waals surface area contributed by atoms with Gasteiger partial charge >= 0.3 is 5.97 Å². The number of anilines is 1. The largest absolute Gasteiger partial charge is 0.424 e. The monoisotopic (exact) mass is 620 g/mol. The molecule has 5 nitrogen and oxygen atoms in total. The number of unbranched alkanes of at least 4 members (excludes halogenated alkanes) is 2. The second-order valence-electron chi connectivity index (χ2n) is 11.0. The molecule has 3 aromatic carbocycles. The number of carbonyl (C=O) groups is 2. The normalized spacial score (nSPS) is 11.5. The number of amides is 1. The van der Waals surface area contributed by atoms with Gasteiger partial charge in [-0.3, -0.25) is 9.59 Å². The van der Waals surface area contributed by atoms with Crippen LogP contribution in [0, 0.1) is 6.92 Å². The molecule has 1 aromatic heterocycles. The smallest absolute Gasteiger partial charge is 0.311 e. The maximum atomic E-state index is 14.1. The highest BCUT2D eigenvalue weighted by Crippen LogP contribution is 2.41. The first-order valence-electron chi connectivity index (χ1n) is 13.5. The summed E-state index contributed by atoms with van der Waals surface area (Å²) in [5.41, 5.74) is 4.27. The second-order valence-corrected chi connectivity index (χ2v) is 12.3. The number of hydrogen-bond donors (Lipinski definition) is 1. The van der Waals surface area contributed by atoms with Crippen LogP contribution in [0.25, 0.3) is 22.2 Å². The maximum Gasteiger partial charge on any atom is 0.311 e. The van der Waals surface area contributed by atoms with Gasteiger partial charge in [-0.15, -0.1) is 0 Å². The highest BCUT2D eigenvalue weighted by Gasteiger charge is 2.27. The van der Waals surface area contributed by atoms with Crippen LogP contribution in [0.1, 0.15) is 74.9 Å². The number of carbonyl (C=O) groups excluding carboxylic acids is 2. The van der Waals surface area contributed by atoms with Gasteiger partial charge in [0.1, 0.15) is 0 Å². The van der Waals surface area contributed by atoms with Crippen LogP contribution in [0.2, 0.25) is 5.02 Å². The molecule has 0 aliphatic heterocycles. The lowest BCUT2D eigenvalue weighted by Gasteiger charge is -2.25. The minimum absolute atomic E-state index is 0.302. The molecule has 1 heterocycles. The predicted octanol–water partition coefficient (Wildman–Crippen LogP) is 9.66. The Hall–Kier alpha value is -3.22. The Balaban J connectivity index is 1.84. The topological polar surface area (TPSA) is 68.3 Å². The zero-order valence-electron chi connectivity index (χ0n) is 23.5. The van der Waals surface area contributed by atoms with Gasteiger partial charge in [-0.2, -0.15) is 0 Å². The van der Waals surface area contributed by atoms with E-state index in [1.54, 1.807) is 12.1 Å². The zero-order valence-corrected chi connectivity index (χ0v) is 25.9. The van der Waals surface area contributed by atoms with Crippen molar-refractivity contribution in [2.45, 2.75) is 65.7 Å². The number of fused-ring (bicyclic) bond motifs is 1. The number of esters is 1. The lowest BCUT2D eigenvalue weighted by Crippen LogP contribution is -2.20. The first-order chi connectivity index (χ1) is 19.0. The van der Waals surface area contributed by atoms with Gasteiger partial charge in [0.05, 0.1) is 22.5 Å². The number of rotatable bonds is 8. The number of aromatic nitrogens is 1. The van der Waals surface area contributed by atoms with Crippen molar-refractivity contribution >= 4 is 56.0 Å². The fraction of sp³-hybridized carbons (Fsp3) is 0.303. The van der Waals surface area contributed by atoms with Gasteiger partial charge < -0.3 is 10.1 Å². The molecule has 0 bridgehead atoms. The number of nitrogens with one attached hydrogen (secondary N) is 1. The Morgan fingerprint density at radius 2 is 1.75 bits per heavy atom. The molecule has 0 spiro atoms. The first-order valence-corrected chi connectivity index (χ1v) is 14.7. The van der Waals surface area contributed by atoms with E-state index in [-0.39, 0.29) is 11.9 Å². The summed E-state index contributed by atoms with van der Waals surface area (Å²) in [6.45, 7) is 10.0. The summed E-state index contributed by atoms with van der Waals surface area (Å²) in [6.07, 6.45) is 2.99. The van der Waals surface area contributed by atoms with Crippen LogP contribution in [0.5, 0.6) is 5.75 Å². The highest BCUT2D eigenvalue weighted by atomic mass is 79.9. The summed E-state index contributed by atoms with van der Waals surface area (Å²) >= 11 is 10.1. The third-order valence-corrected chi connectivity index (χ3v) is 7.49. The van der Waals surface area contributed by atoms with Crippen LogP contribution in [-0.2, 0) is 10.2 Å². The van der Waals surface area contributed by atoms with Crippen LogP contribution in [0.15, 0.2) is 65.1 Å². The SMILES string of the molecule is CCCCCC(=O)Oc1c(NC(=O)c2c(C)c(-c3ccccc3)nc3ccc(Br)cc23)cc(Cl)cc1C(C)(C)C. The van der Waals surface area contributed by atoms with Crippen molar-refractivity contribution in [1.82, 2.24) is 4.98 Å². The van der Waals surface area contributed by atoms with Crippen molar-refractivity contribution in [2.75, 3.05) is 5.32 Å². The van der Waals surface area contributed by atoms with Gasteiger partial charge in [0, 0.05) is 32.4 Å². The molecule has 4 aromatic rings. The van der Waals surface area contributed by atoms with Crippen molar-refractivity contribution in [3.05, 3.63) is 86.8 Å². The van der Waals surface area contributed by atoms with Crippen molar-refractivity contribution in [3.8, 4) is 17.0 Å². The second kappa shape index (κ2) is 12.5. The summed E-state index contributed by atoms with van der Waals surface area (Å²) in [6, 6.07) is 18.9. The summed E-state index contributed by atoms with van der Waals surface area (Å²) < 4.78 is 6.77.